The van der Waals surface area contributed by atoms with Gasteiger partial charge in [0.1, 0.15) is 18.3 Å². The lowest BCUT2D eigenvalue weighted by molar-refractivity contribution is -0.886. The number of hydrogen-bond donors (Lipinski definition) is 2. The normalized spacial score (nSPS) is 26.4. The van der Waals surface area contributed by atoms with Crippen LogP contribution in [0.2, 0.25) is 0 Å². The molecule has 1 fully saturated rings. The number of fused-ring (bicyclic) bond motifs is 2. The molecule has 10 nitrogen and oxygen atoms in total. The molecule has 2 aliphatic heterocycles. The van der Waals surface area contributed by atoms with Crippen molar-refractivity contribution in [3.63, 3.8) is 0 Å². The molecule has 0 aliphatic carbocycles. The van der Waals surface area contributed by atoms with Crippen molar-refractivity contribution in [3.05, 3.63) is 12.2 Å². The molecule has 0 spiro atoms. The number of amides is 1. The summed E-state index contributed by atoms with van der Waals surface area (Å²) in [7, 11) is 1.08. The van der Waals surface area contributed by atoms with Crippen molar-refractivity contribution < 1.29 is 41.3 Å². The predicted molar refractivity (Wildman–Crippen MR) is 98.9 cm³/mol. The zero-order chi connectivity index (χ0) is 20.9. The molecule has 4 atom stereocenters. The Kier molecular flexibility index (Phi) is 7.57. The summed E-state index contributed by atoms with van der Waals surface area (Å²) < 4.78 is 46.7. The van der Waals surface area contributed by atoms with E-state index in [2.05, 4.69) is 5.32 Å². The number of methoxy groups -OCH3 is 1. The van der Waals surface area contributed by atoms with Gasteiger partial charge in [-0.25, -0.2) is 0 Å². The molecule has 0 aromatic carbocycles. The van der Waals surface area contributed by atoms with Crippen molar-refractivity contribution in [2.75, 3.05) is 59.8 Å². The Balaban J connectivity index is 1.88. The quantitative estimate of drug-likeness (QED) is 0.140. The molecular formula is C17H29N2O8S+. The molecule has 160 valence electrons. The van der Waals surface area contributed by atoms with Crippen LogP contribution in [0.1, 0.15) is 0 Å². The van der Waals surface area contributed by atoms with E-state index in [0.717, 1.165) is 0 Å². The SMILES string of the molecule is COCCOC(=O)C1C(C(=O)NCC[N+](C)(C)CCS(=O)(=O)O)[C@@H]2C=C[C@H]1O2. The van der Waals surface area contributed by atoms with Crippen LogP contribution >= 0.6 is 0 Å². The van der Waals surface area contributed by atoms with E-state index in [1.54, 1.807) is 26.2 Å². The molecule has 2 N–H and O–H groups in total. The van der Waals surface area contributed by atoms with Gasteiger partial charge < -0.3 is 24.0 Å². The van der Waals surface area contributed by atoms with Crippen molar-refractivity contribution in [1.29, 1.82) is 0 Å². The lowest BCUT2D eigenvalue weighted by Crippen LogP contribution is -2.50. The highest BCUT2D eigenvalue weighted by Crippen LogP contribution is 2.39. The van der Waals surface area contributed by atoms with Crippen LogP contribution in [0.25, 0.3) is 0 Å². The Labute approximate surface area is 165 Å². The minimum absolute atomic E-state index is 0.112. The number of nitrogens with zero attached hydrogens (tertiary/aromatic N) is 1. The van der Waals surface area contributed by atoms with Crippen molar-refractivity contribution in [2.24, 2.45) is 11.8 Å². The summed E-state index contributed by atoms with van der Waals surface area (Å²) in [6.07, 6.45) is 2.61. The van der Waals surface area contributed by atoms with E-state index < -0.39 is 40.1 Å². The molecule has 28 heavy (non-hydrogen) atoms. The molecule has 2 unspecified atom stereocenters. The van der Waals surface area contributed by atoms with E-state index in [1.165, 1.54) is 7.11 Å². The highest BCUT2D eigenvalue weighted by atomic mass is 32.2. The van der Waals surface area contributed by atoms with E-state index in [-0.39, 0.29) is 31.4 Å². The van der Waals surface area contributed by atoms with E-state index in [0.29, 0.717) is 17.6 Å². The molecule has 0 radical (unpaired) electrons. The second-order valence-electron chi connectivity index (χ2n) is 7.62. The summed E-state index contributed by atoms with van der Waals surface area (Å²) in [6, 6.07) is 0. The standard InChI is InChI=1S/C17H28N2O8S/c1-19(2,8-11-28(22,23)24)7-6-18-16(20)14-12-4-5-13(27-12)15(14)17(21)26-10-9-25-3/h4-5,12-15H,6-11H2,1-3H3,(H-,18,20,22,23,24)/p+1/t12-,13+,14?,15?/m0/s1. The molecule has 11 heteroatoms. The van der Waals surface area contributed by atoms with Crippen molar-refractivity contribution in [3.8, 4) is 0 Å². The van der Waals surface area contributed by atoms with Gasteiger partial charge in [-0.1, -0.05) is 12.2 Å². The predicted octanol–water partition coefficient (Wildman–Crippen LogP) is -1.17. The molecule has 0 aromatic heterocycles. The van der Waals surface area contributed by atoms with Crippen LogP contribution < -0.4 is 5.32 Å². The third-order valence-corrected chi connectivity index (χ3v) is 5.68. The first-order valence-electron chi connectivity index (χ1n) is 9.08. The molecule has 1 saturated heterocycles. The molecule has 0 aromatic rings. The van der Waals surface area contributed by atoms with Crippen LogP contribution in [-0.2, 0) is 33.9 Å². The maximum atomic E-state index is 12.7. The van der Waals surface area contributed by atoms with Gasteiger partial charge >= 0.3 is 5.97 Å². The highest BCUT2D eigenvalue weighted by molar-refractivity contribution is 7.85. The average Bonchev–Trinajstić information content (AvgIpc) is 3.20. The van der Waals surface area contributed by atoms with Gasteiger partial charge in [-0.3, -0.25) is 14.1 Å². The first-order valence-corrected chi connectivity index (χ1v) is 10.7. The Hall–Kier alpha value is -1.53. The molecule has 2 bridgehead atoms. The number of quaternary nitrogens is 1. The second kappa shape index (κ2) is 9.31. The molecule has 2 rings (SSSR count). The molecular weight excluding hydrogens is 392 g/mol. The van der Waals surface area contributed by atoms with Gasteiger partial charge in [-0.15, -0.1) is 0 Å². The minimum atomic E-state index is -4.03. The van der Waals surface area contributed by atoms with Crippen LogP contribution in [0.3, 0.4) is 0 Å². The van der Waals surface area contributed by atoms with Gasteiger partial charge in [0.25, 0.3) is 10.1 Å². The average molecular weight is 421 g/mol. The maximum absolute atomic E-state index is 12.7. The summed E-state index contributed by atoms with van der Waals surface area (Å²) in [5.41, 5.74) is 0. The van der Waals surface area contributed by atoms with Crippen molar-refractivity contribution in [2.45, 2.75) is 12.2 Å². The van der Waals surface area contributed by atoms with Crippen molar-refractivity contribution in [1.82, 2.24) is 5.32 Å². The smallest absolute Gasteiger partial charge is 0.312 e. The van der Waals surface area contributed by atoms with Crippen LogP contribution in [-0.4, -0.2) is 101 Å². The second-order valence-corrected chi connectivity index (χ2v) is 9.19. The molecule has 1 amide bonds. The Morgan fingerprint density at radius 2 is 1.79 bits per heavy atom. The topological polar surface area (TPSA) is 128 Å². The summed E-state index contributed by atoms with van der Waals surface area (Å²) in [6.45, 7) is 1.35. The van der Waals surface area contributed by atoms with Crippen molar-refractivity contribution >= 4 is 22.0 Å². The number of hydrogen-bond acceptors (Lipinski definition) is 7. The fourth-order valence-corrected chi connectivity index (χ4v) is 4.02. The van der Waals surface area contributed by atoms with Gasteiger partial charge in [0.15, 0.2) is 0 Å². The number of rotatable bonds is 11. The van der Waals surface area contributed by atoms with E-state index in [9.17, 15) is 18.0 Å². The number of nitrogens with one attached hydrogen (secondary N) is 1. The van der Waals surface area contributed by atoms with E-state index >= 15 is 0 Å². The lowest BCUT2D eigenvalue weighted by atomic mass is 9.82. The van der Waals surface area contributed by atoms with Gasteiger partial charge in [-0.05, 0) is 0 Å². The molecule has 2 aliphatic rings. The van der Waals surface area contributed by atoms with Crippen LogP contribution in [0, 0.1) is 11.8 Å². The zero-order valence-electron chi connectivity index (χ0n) is 16.4. The fraction of sp³-hybridized carbons (Fsp3) is 0.765. The van der Waals surface area contributed by atoms with E-state index in [1.807, 2.05) is 0 Å². The molecule has 0 saturated carbocycles. The fourth-order valence-electron chi connectivity index (χ4n) is 3.30. The Morgan fingerprint density at radius 3 is 2.39 bits per heavy atom. The maximum Gasteiger partial charge on any atom is 0.312 e. The molecule has 2 heterocycles. The van der Waals surface area contributed by atoms with Gasteiger partial charge in [0, 0.05) is 7.11 Å². The van der Waals surface area contributed by atoms with Gasteiger partial charge in [0.05, 0.1) is 58.5 Å². The van der Waals surface area contributed by atoms with Crippen LogP contribution in [0.15, 0.2) is 12.2 Å². The Bertz CT molecular complexity index is 706. The summed E-state index contributed by atoms with van der Waals surface area (Å²) in [5.74, 6) is -2.51. The third kappa shape index (κ3) is 6.24. The number of carbonyl (C=O) groups is 2. The Morgan fingerprint density at radius 1 is 1.14 bits per heavy atom. The first kappa shape index (κ1) is 22.8. The monoisotopic (exact) mass is 421 g/mol. The minimum Gasteiger partial charge on any atom is -0.463 e. The van der Waals surface area contributed by atoms with Crippen LogP contribution in [0.4, 0.5) is 0 Å². The number of likely N-dealkylation sites (N-methyl/N-ethyl adjacent to an activating group) is 1. The van der Waals surface area contributed by atoms with Gasteiger partial charge in [-0.2, -0.15) is 8.42 Å². The number of ether oxygens (including phenoxy) is 3. The largest absolute Gasteiger partial charge is 0.463 e. The number of carbonyl (C=O) groups excluding carboxylic acids is 2. The highest BCUT2D eigenvalue weighted by Gasteiger charge is 2.53. The third-order valence-electron chi connectivity index (χ3n) is 4.98. The van der Waals surface area contributed by atoms with E-state index in [4.69, 9.17) is 18.8 Å². The van der Waals surface area contributed by atoms with Crippen LogP contribution in [0.5, 0.6) is 0 Å². The number of esters is 1. The summed E-state index contributed by atoms with van der Waals surface area (Å²) >= 11 is 0. The lowest BCUT2D eigenvalue weighted by Gasteiger charge is -2.30. The summed E-state index contributed by atoms with van der Waals surface area (Å²) in [5, 5.41) is 2.80. The summed E-state index contributed by atoms with van der Waals surface area (Å²) in [4.78, 5) is 25.1. The zero-order valence-corrected chi connectivity index (χ0v) is 17.2. The van der Waals surface area contributed by atoms with Gasteiger partial charge in [0.2, 0.25) is 5.91 Å². The first-order chi connectivity index (χ1) is 13.0.